The van der Waals surface area contributed by atoms with Gasteiger partial charge in [0.25, 0.3) is 5.91 Å². The number of hydrogen-bond donors (Lipinski definition) is 1. The lowest BCUT2D eigenvalue weighted by Gasteiger charge is -2.19. The van der Waals surface area contributed by atoms with Gasteiger partial charge in [0.15, 0.2) is 0 Å². The van der Waals surface area contributed by atoms with Gasteiger partial charge in [-0.05, 0) is 18.6 Å². The zero-order valence-electron chi connectivity index (χ0n) is 11.2. The van der Waals surface area contributed by atoms with Gasteiger partial charge in [0, 0.05) is 19.8 Å². The van der Waals surface area contributed by atoms with Gasteiger partial charge in [-0.3, -0.25) is 9.78 Å². The van der Waals surface area contributed by atoms with E-state index in [4.69, 9.17) is 0 Å². The van der Waals surface area contributed by atoms with E-state index in [0.29, 0.717) is 11.5 Å². The summed E-state index contributed by atoms with van der Waals surface area (Å²) in [7, 11) is 3.47. The Kier molecular flexibility index (Phi) is 3.75. The number of nitrogens with one attached hydrogen (secondary N) is 1. The van der Waals surface area contributed by atoms with Crippen LogP contribution in [0.25, 0.3) is 0 Å². The summed E-state index contributed by atoms with van der Waals surface area (Å²) in [6.07, 6.45) is 3.04. The molecule has 0 spiro atoms. The Morgan fingerprint density at radius 2 is 2.00 bits per heavy atom. The molecular weight excluding hydrogens is 240 g/mol. The van der Waals surface area contributed by atoms with Crippen molar-refractivity contribution >= 4 is 17.4 Å². The standard InChI is InChI=1S/C14H16N4O/c1-10-6-4-5-7-12(10)18(3)14(19)11-8-16-9-13(15-2)17-11/h4-9H,1-3H3,(H,15,17). The number of para-hydroxylation sites is 1. The van der Waals surface area contributed by atoms with Crippen molar-refractivity contribution in [1.29, 1.82) is 0 Å². The summed E-state index contributed by atoms with van der Waals surface area (Å²) in [5, 5.41) is 2.87. The summed E-state index contributed by atoms with van der Waals surface area (Å²) < 4.78 is 0. The number of carbonyl (C=O) groups excluding carboxylic acids is 1. The molecule has 98 valence electrons. The highest BCUT2D eigenvalue weighted by molar-refractivity contribution is 6.04. The maximum absolute atomic E-state index is 12.4. The van der Waals surface area contributed by atoms with Crippen LogP contribution in [0.3, 0.4) is 0 Å². The van der Waals surface area contributed by atoms with E-state index in [1.54, 1.807) is 25.2 Å². The first-order valence-electron chi connectivity index (χ1n) is 5.97. The summed E-state index contributed by atoms with van der Waals surface area (Å²) >= 11 is 0. The second kappa shape index (κ2) is 5.48. The van der Waals surface area contributed by atoms with Crippen LogP contribution in [0.5, 0.6) is 0 Å². The van der Waals surface area contributed by atoms with Gasteiger partial charge in [0.1, 0.15) is 11.5 Å². The topological polar surface area (TPSA) is 58.1 Å². The summed E-state index contributed by atoms with van der Waals surface area (Å²) in [6.45, 7) is 1.97. The SMILES string of the molecule is CNc1cncc(C(=O)N(C)c2ccccc2C)n1. The van der Waals surface area contributed by atoms with E-state index in [1.807, 2.05) is 31.2 Å². The van der Waals surface area contributed by atoms with Crippen molar-refractivity contribution in [2.45, 2.75) is 6.92 Å². The molecule has 0 radical (unpaired) electrons. The predicted molar refractivity (Wildman–Crippen MR) is 75.5 cm³/mol. The summed E-state index contributed by atoms with van der Waals surface area (Å²) in [5.41, 5.74) is 2.22. The van der Waals surface area contributed by atoms with Crippen LogP contribution in [0.15, 0.2) is 36.7 Å². The minimum atomic E-state index is -0.182. The zero-order chi connectivity index (χ0) is 13.8. The smallest absolute Gasteiger partial charge is 0.278 e. The van der Waals surface area contributed by atoms with E-state index < -0.39 is 0 Å². The third-order valence-electron chi connectivity index (χ3n) is 2.89. The van der Waals surface area contributed by atoms with E-state index in [1.165, 1.54) is 6.20 Å². The highest BCUT2D eigenvalue weighted by Crippen LogP contribution is 2.19. The van der Waals surface area contributed by atoms with E-state index in [9.17, 15) is 4.79 Å². The number of benzene rings is 1. The first-order chi connectivity index (χ1) is 9.13. The van der Waals surface area contributed by atoms with Gasteiger partial charge in [-0.25, -0.2) is 4.98 Å². The van der Waals surface area contributed by atoms with E-state index in [2.05, 4.69) is 15.3 Å². The van der Waals surface area contributed by atoms with Gasteiger partial charge in [-0.2, -0.15) is 0 Å². The molecule has 0 unspecified atom stereocenters. The number of amides is 1. The highest BCUT2D eigenvalue weighted by Gasteiger charge is 2.16. The fourth-order valence-corrected chi connectivity index (χ4v) is 1.81. The molecule has 0 aliphatic rings. The molecule has 5 heteroatoms. The molecular formula is C14H16N4O. The lowest BCUT2D eigenvalue weighted by Crippen LogP contribution is -2.28. The van der Waals surface area contributed by atoms with Crippen molar-refractivity contribution in [3.8, 4) is 0 Å². The molecule has 1 amide bonds. The van der Waals surface area contributed by atoms with Crippen LogP contribution in [-0.2, 0) is 0 Å². The van der Waals surface area contributed by atoms with Crippen molar-refractivity contribution in [3.05, 3.63) is 47.9 Å². The van der Waals surface area contributed by atoms with E-state index in [0.717, 1.165) is 11.3 Å². The number of anilines is 2. The van der Waals surface area contributed by atoms with Gasteiger partial charge in [0.05, 0.1) is 12.4 Å². The first-order valence-corrected chi connectivity index (χ1v) is 5.97. The molecule has 1 N–H and O–H groups in total. The minimum Gasteiger partial charge on any atom is -0.372 e. The van der Waals surface area contributed by atoms with Crippen LogP contribution in [0.2, 0.25) is 0 Å². The molecule has 1 aromatic carbocycles. The molecule has 0 bridgehead atoms. The Bertz CT molecular complexity index is 598. The van der Waals surface area contributed by atoms with Gasteiger partial charge in [-0.1, -0.05) is 18.2 Å². The van der Waals surface area contributed by atoms with Crippen molar-refractivity contribution in [1.82, 2.24) is 9.97 Å². The van der Waals surface area contributed by atoms with Crippen molar-refractivity contribution in [2.24, 2.45) is 0 Å². The minimum absolute atomic E-state index is 0.182. The normalized spacial score (nSPS) is 10.1. The van der Waals surface area contributed by atoms with Crippen LogP contribution in [0.4, 0.5) is 11.5 Å². The Labute approximate surface area is 112 Å². The molecule has 0 fully saturated rings. The number of carbonyl (C=O) groups is 1. The lowest BCUT2D eigenvalue weighted by molar-refractivity contribution is 0.0988. The van der Waals surface area contributed by atoms with E-state index >= 15 is 0 Å². The predicted octanol–water partition coefficient (Wildman–Crippen LogP) is 2.10. The average molecular weight is 256 g/mol. The number of aryl methyl sites for hydroxylation is 1. The number of aromatic nitrogens is 2. The van der Waals surface area contributed by atoms with Crippen LogP contribution < -0.4 is 10.2 Å². The third kappa shape index (κ3) is 2.70. The van der Waals surface area contributed by atoms with Gasteiger partial charge in [-0.15, -0.1) is 0 Å². The number of nitrogens with zero attached hydrogens (tertiary/aromatic N) is 3. The Balaban J connectivity index is 2.31. The van der Waals surface area contributed by atoms with Crippen molar-refractivity contribution in [3.63, 3.8) is 0 Å². The second-order valence-electron chi connectivity index (χ2n) is 4.19. The quantitative estimate of drug-likeness (QED) is 0.913. The maximum Gasteiger partial charge on any atom is 0.278 e. The average Bonchev–Trinajstić information content (AvgIpc) is 2.46. The van der Waals surface area contributed by atoms with Gasteiger partial charge < -0.3 is 10.2 Å². The third-order valence-corrected chi connectivity index (χ3v) is 2.89. The monoisotopic (exact) mass is 256 g/mol. The lowest BCUT2D eigenvalue weighted by atomic mass is 10.2. The molecule has 2 rings (SSSR count). The molecule has 5 nitrogen and oxygen atoms in total. The van der Waals surface area contributed by atoms with Gasteiger partial charge in [0.2, 0.25) is 0 Å². The summed E-state index contributed by atoms with van der Waals surface area (Å²) in [4.78, 5) is 22.1. The summed E-state index contributed by atoms with van der Waals surface area (Å²) in [5.74, 6) is 0.392. The Morgan fingerprint density at radius 3 is 2.68 bits per heavy atom. The molecule has 0 aliphatic heterocycles. The fourth-order valence-electron chi connectivity index (χ4n) is 1.81. The molecule has 1 aromatic heterocycles. The Hall–Kier alpha value is -2.43. The van der Waals surface area contributed by atoms with Gasteiger partial charge >= 0.3 is 0 Å². The van der Waals surface area contributed by atoms with Crippen LogP contribution in [0.1, 0.15) is 16.1 Å². The molecule has 1 heterocycles. The van der Waals surface area contributed by atoms with Crippen LogP contribution in [0, 0.1) is 6.92 Å². The van der Waals surface area contributed by atoms with Crippen LogP contribution in [-0.4, -0.2) is 30.0 Å². The summed E-state index contributed by atoms with van der Waals surface area (Å²) in [6, 6.07) is 7.72. The molecule has 0 aliphatic carbocycles. The van der Waals surface area contributed by atoms with E-state index in [-0.39, 0.29) is 5.91 Å². The number of rotatable bonds is 3. The maximum atomic E-state index is 12.4. The second-order valence-corrected chi connectivity index (χ2v) is 4.19. The highest BCUT2D eigenvalue weighted by atomic mass is 16.2. The molecule has 0 saturated carbocycles. The first kappa shape index (κ1) is 13.0. The fraction of sp³-hybridized carbons (Fsp3) is 0.214. The Morgan fingerprint density at radius 1 is 1.26 bits per heavy atom. The molecule has 19 heavy (non-hydrogen) atoms. The number of hydrogen-bond acceptors (Lipinski definition) is 4. The van der Waals surface area contributed by atoms with Crippen molar-refractivity contribution < 1.29 is 4.79 Å². The zero-order valence-corrected chi connectivity index (χ0v) is 11.2. The van der Waals surface area contributed by atoms with Crippen molar-refractivity contribution in [2.75, 3.05) is 24.3 Å². The molecule has 0 atom stereocenters. The largest absolute Gasteiger partial charge is 0.372 e. The molecule has 0 saturated heterocycles. The molecule has 2 aromatic rings. The van der Waals surface area contributed by atoms with Crippen LogP contribution >= 0.6 is 0 Å².